The van der Waals surface area contributed by atoms with Gasteiger partial charge in [0.15, 0.2) is 0 Å². The molecule has 0 atom stereocenters. The van der Waals surface area contributed by atoms with Crippen molar-refractivity contribution in [1.82, 2.24) is 9.88 Å². The molecule has 0 fully saturated rings. The molecule has 6 nitrogen and oxygen atoms in total. The number of ether oxygens (including phenoxy) is 1. The highest BCUT2D eigenvalue weighted by molar-refractivity contribution is 7.11. The maximum atomic E-state index is 10.7. The molecule has 1 aromatic rings. The molecule has 1 N–H and O–H groups in total. The molecular weight excluding hydrogens is 254 g/mol. The molecule has 18 heavy (non-hydrogen) atoms. The SMILES string of the molecule is COCCN(CCC#N)Cc1csc(C(=O)O)n1. The minimum Gasteiger partial charge on any atom is -0.476 e. The fourth-order valence-corrected chi connectivity index (χ4v) is 2.05. The molecule has 0 spiro atoms. The number of carboxylic acids is 1. The predicted molar refractivity (Wildman–Crippen MR) is 66.5 cm³/mol. The Balaban J connectivity index is 2.57. The van der Waals surface area contributed by atoms with Crippen molar-refractivity contribution in [2.45, 2.75) is 13.0 Å². The monoisotopic (exact) mass is 269 g/mol. The Morgan fingerprint density at radius 2 is 2.44 bits per heavy atom. The van der Waals surface area contributed by atoms with E-state index in [2.05, 4.69) is 11.1 Å². The number of hydrogen-bond donors (Lipinski definition) is 1. The first-order valence-corrected chi connectivity index (χ1v) is 6.31. The second-order valence-electron chi connectivity index (χ2n) is 3.63. The van der Waals surface area contributed by atoms with E-state index < -0.39 is 5.97 Å². The molecular formula is C11H15N3O3S. The van der Waals surface area contributed by atoms with E-state index in [0.29, 0.717) is 38.4 Å². The lowest BCUT2D eigenvalue weighted by Crippen LogP contribution is -2.28. The van der Waals surface area contributed by atoms with Crippen LogP contribution in [-0.2, 0) is 11.3 Å². The quantitative estimate of drug-likeness (QED) is 0.763. The number of rotatable bonds is 8. The number of nitrogens with zero attached hydrogens (tertiary/aromatic N) is 3. The summed E-state index contributed by atoms with van der Waals surface area (Å²) in [4.78, 5) is 16.8. The van der Waals surface area contributed by atoms with Gasteiger partial charge in [-0.3, -0.25) is 4.90 Å². The predicted octanol–water partition coefficient (Wildman–Crippen LogP) is 1.20. The lowest BCUT2D eigenvalue weighted by Gasteiger charge is -2.19. The molecule has 0 radical (unpaired) electrons. The minimum absolute atomic E-state index is 0.0944. The first-order chi connectivity index (χ1) is 8.67. The van der Waals surface area contributed by atoms with E-state index in [9.17, 15) is 4.79 Å². The normalized spacial score (nSPS) is 10.5. The van der Waals surface area contributed by atoms with Gasteiger partial charge in [-0.05, 0) is 0 Å². The Kier molecular flexibility index (Phi) is 6.28. The summed E-state index contributed by atoms with van der Waals surface area (Å²) in [6.45, 7) is 2.42. The van der Waals surface area contributed by atoms with Crippen LogP contribution in [0.5, 0.6) is 0 Å². The Labute approximate surface area is 109 Å². The minimum atomic E-state index is -1.01. The summed E-state index contributed by atoms with van der Waals surface area (Å²) in [5.74, 6) is -1.01. The van der Waals surface area contributed by atoms with Crippen molar-refractivity contribution in [2.24, 2.45) is 0 Å². The second kappa shape index (κ2) is 7.76. The van der Waals surface area contributed by atoms with Crippen molar-refractivity contribution < 1.29 is 14.6 Å². The van der Waals surface area contributed by atoms with E-state index in [0.717, 1.165) is 11.3 Å². The van der Waals surface area contributed by atoms with Crippen LogP contribution in [0.1, 0.15) is 21.9 Å². The summed E-state index contributed by atoms with van der Waals surface area (Å²) < 4.78 is 5.00. The smallest absolute Gasteiger partial charge is 0.365 e. The highest BCUT2D eigenvalue weighted by Crippen LogP contribution is 2.12. The number of thiazole rings is 1. The van der Waals surface area contributed by atoms with Gasteiger partial charge in [0, 0.05) is 38.5 Å². The maximum absolute atomic E-state index is 10.7. The second-order valence-corrected chi connectivity index (χ2v) is 4.48. The molecule has 0 saturated heterocycles. The fraction of sp³-hybridized carbons (Fsp3) is 0.545. The number of carboxylic acid groups (broad SMARTS) is 1. The third kappa shape index (κ3) is 4.79. The zero-order chi connectivity index (χ0) is 13.4. The number of carbonyl (C=O) groups is 1. The summed E-state index contributed by atoms with van der Waals surface area (Å²) in [6.07, 6.45) is 0.430. The van der Waals surface area contributed by atoms with Gasteiger partial charge in [-0.2, -0.15) is 5.26 Å². The molecule has 1 heterocycles. The van der Waals surface area contributed by atoms with Gasteiger partial charge < -0.3 is 9.84 Å². The molecule has 0 amide bonds. The van der Waals surface area contributed by atoms with Crippen LogP contribution < -0.4 is 0 Å². The summed E-state index contributed by atoms with van der Waals surface area (Å²) in [7, 11) is 1.62. The first kappa shape index (κ1) is 14.6. The Morgan fingerprint density at radius 3 is 3.00 bits per heavy atom. The van der Waals surface area contributed by atoms with Crippen LogP contribution in [0.4, 0.5) is 0 Å². The maximum Gasteiger partial charge on any atom is 0.365 e. The van der Waals surface area contributed by atoms with Crippen LogP contribution in [-0.4, -0.2) is 47.8 Å². The molecule has 0 aliphatic heterocycles. The van der Waals surface area contributed by atoms with Gasteiger partial charge in [0.05, 0.1) is 18.4 Å². The Bertz CT molecular complexity index is 427. The summed E-state index contributed by atoms with van der Waals surface area (Å²) >= 11 is 1.11. The number of aromatic nitrogens is 1. The van der Waals surface area contributed by atoms with Crippen molar-refractivity contribution in [2.75, 3.05) is 26.8 Å². The van der Waals surface area contributed by atoms with Gasteiger partial charge in [0.2, 0.25) is 5.01 Å². The largest absolute Gasteiger partial charge is 0.476 e. The summed E-state index contributed by atoms with van der Waals surface area (Å²) in [6, 6.07) is 2.09. The van der Waals surface area contributed by atoms with Crippen molar-refractivity contribution in [3.05, 3.63) is 16.1 Å². The van der Waals surface area contributed by atoms with E-state index in [4.69, 9.17) is 15.1 Å². The van der Waals surface area contributed by atoms with Gasteiger partial charge in [-0.25, -0.2) is 9.78 Å². The molecule has 0 saturated carbocycles. The molecule has 0 aliphatic carbocycles. The van der Waals surface area contributed by atoms with Crippen molar-refractivity contribution in [1.29, 1.82) is 5.26 Å². The van der Waals surface area contributed by atoms with E-state index in [1.54, 1.807) is 12.5 Å². The van der Waals surface area contributed by atoms with Crippen molar-refractivity contribution >= 4 is 17.3 Å². The highest BCUT2D eigenvalue weighted by Gasteiger charge is 2.12. The number of hydrogen-bond acceptors (Lipinski definition) is 6. The zero-order valence-electron chi connectivity index (χ0n) is 10.1. The number of nitriles is 1. The average Bonchev–Trinajstić information content (AvgIpc) is 2.81. The molecule has 7 heteroatoms. The topological polar surface area (TPSA) is 86.5 Å². The standard InChI is InChI=1S/C11H15N3O3S/c1-17-6-5-14(4-2-3-12)7-9-8-18-10(13-9)11(15)16/h8H,2,4-7H2,1H3,(H,15,16). The molecule has 98 valence electrons. The van der Waals surface area contributed by atoms with Crippen LogP contribution in [0.2, 0.25) is 0 Å². The molecule has 0 bridgehead atoms. The van der Waals surface area contributed by atoms with Crippen LogP contribution in [0.3, 0.4) is 0 Å². The number of aromatic carboxylic acids is 1. The van der Waals surface area contributed by atoms with E-state index in [-0.39, 0.29) is 5.01 Å². The van der Waals surface area contributed by atoms with Gasteiger partial charge in [-0.1, -0.05) is 0 Å². The van der Waals surface area contributed by atoms with E-state index >= 15 is 0 Å². The molecule has 0 aliphatic rings. The highest BCUT2D eigenvalue weighted by atomic mass is 32.1. The van der Waals surface area contributed by atoms with Gasteiger partial charge >= 0.3 is 5.97 Å². The number of methoxy groups -OCH3 is 1. The molecule has 0 aromatic carbocycles. The first-order valence-electron chi connectivity index (χ1n) is 5.43. The molecule has 1 rings (SSSR count). The molecule has 1 aromatic heterocycles. The fourth-order valence-electron chi connectivity index (χ4n) is 1.41. The van der Waals surface area contributed by atoms with Gasteiger partial charge in [0.1, 0.15) is 0 Å². The zero-order valence-corrected chi connectivity index (χ0v) is 10.9. The average molecular weight is 269 g/mol. The van der Waals surface area contributed by atoms with Gasteiger partial charge in [0.25, 0.3) is 0 Å². The van der Waals surface area contributed by atoms with Gasteiger partial charge in [-0.15, -0.1) is 11.3 Å². The lowest BCUT2D eigenvalue weighted by atomic mass is 10.3. The lowest BCUT2D eigenvalue weighted by molar-refractivity contribution is 0.0696. The van der Waals surface area contributed by atoms with Crippen LogP contribution in [0.25, 0.3) is 0 Å². The molecule has 0 unspecified atom stereocenters. The van der Waals surface area contributed by atoms with Crippen molar-refractivity contribution in [3.63, 3.8) is 0 Å². The van der Waals surface area contributed by atoms with Crippen LogP contribution >= 0.6 is 11.3 Å². The van der Waals surface area contributed by atoms with Crippen LogP contribution in [0.15, 0.2) is 5.38 Å². The van der Waals surface area contributed by atoms with E-state index in [1.807, 2.05) is 4.90 Å². The third-order valence-electron chi connectivity index (χ3n) is 2.27. The van der Waals surface area contributed by atoms with Crippen molar-refractivity contribution in [3.8, 4) is 6.07 Å². The Hall–Kier alpha value is -1.49. The van der Waals surface area contributed by atoms with Crippen LogP contribution in [0, 0.1) is 11.3 Å². The Morgan fingerprint density at radius 1 is 1.67 bits per heavy atom. The summed E-state index contributed by atoms with van der Waals surface area (Å²) in [5, 5.41) is 19.2. The van der Waals surface area contributed by atoms with E-state index in [1.165, 1.54) is 0 Å². The third-order valence-corrected chi connectivity index (χ3v) is 3.15. The summed E-state index contributed by atoms with van der Waals surface area (Å²) in [5.41, 5.74) is 0.714.